The van der Waals surface area contributed by atoms with E-state index in [2.05, 4.69) is 15.6 Å². The number of ether oxygens (including phenoxy) is 1. The summed E-state index contributed by atoms with van der Waals surface area (Å²) in [4.78, 5) is 29.6. The molecule has 37 heavy (non-hydrogen) atoms. The molecule has 0 aliphatic rings. The molecular weight excluding hydrogens is 466 g/mol. The Morgan fingerprint density at radius 3 is 2.49 bits per heavy atom. The van der Waals surface area contributed by atoms with E-state index in [0.29, 0.717) is 22.5 Å². The quantitative estimate of drug-likeness (QED) is 0.397. The van der Waals surface area contributed by atoms with Gasteiger partial charge in [-0.1, -0.05) is 47.2 Å². The summed E-state index contributed by atoms with van der Waals surface area (Å²) in [5, 5.41) is 11.5. The Morgan fingerprint density at radius 1 is 1.03 bits per heavy atom. The van der Waals surface area contributed by atoms with E-state index in [1.165, 1.54) is 0 Å². The van der Waals surface area contributed by atoms with Crippen molar-refractivity contribution in [3.05, 3.63) is 83.4 Å². The van der Waals surface area contributed by atoms with Gasteiger partial charge in [0.25, 0.3) is 0 Å². The fraction of sp³-hybridized carbons (Fsp3) is 0.310. The van der Waals surface area contributed by atoms with Crippen LogP contribution in [0.4, 0.5) is 5.69 Å². The summed E-state index contributed by atoms with van der Waals surface area (Å²) < 4.78 is 7.01. The van der Waals surface area contributed by atoms with Gasteiger partial charge in [-0.2, -0.15) is 0 Å². The summed E-state index contributed by atoms with van der Waals surface area (Å²) in [6.07, 6.45) is 0. The second-order valence-electron chi connectivity index (χ2n) is 10.2. The highest BCUT2D eigenvalue weighted by molar-refractivity contribution is 6.02. The zero-order valence-corrected chi connectivity index (χ0v) is 22.1. The van der Waals surface area contributed by atoms with Crippen molar-refractivity contribution in [3.8, 4) is 5.75 Å². The lowest BCUT2D eigenvalue weighted by Gasteiger charge is -2.34. The Balaban J connectivity index is 1.87. The van der Waals surface area contributed by atoms with E-state index in [4.69, 9.17) is 4.74 Å². The molecule has 3 aromatic carbocycles. The van der Waals surface area contributed by atoms with Gasteiger partial charge in [0, 0.05) is 11.2 Å². The summed E-state index contributed by atoms with van der Waals surface area (Å²) in [5.74, 6) is 0.0124. The van der Waals surface area contributed by atoms with Crippen molar-refractivity contribution in [3.63, 3.8) is 0 Å². The van der Waals surface area contributed by atoms with Crippen molar-refractivity contribution in [2.24, 2.45) is 0 Å². The van der Waals surface area contributed by atoms with Gasteiger partial charge in [-0.25, -0.2) is 4.68 Å². The summed E-state index contributed by atoms with van der Waals surface area (Å²) in [6.45, 7) is 9.60. The molecule has 0 spiro atoms. The number of fused-ring (bicyclic) bond motifs is 1. The number of carbonyl (C=O) groups excluding carboxylic acids is 2. The van der Waals surface area contributed by atoms with Crippen LogP contribution >= 0.6 is 0 Å². The number of benzene rings is 3. The van der Waals surface area contributed by atoms with Crippen molar-refractivity contribution >= 4 is 28.5 Å². The number of carbonyl (C=O) groups is 2. The number of nitrogens with zero attached hydrogens (tertiary/aromatic N) is 4. The van der Waals surface area contributed by atoms with Gasteiger partial charge in [0.1, 0.15) is 23.9 Å². The van der Waals surface area contributed by atoms with Crippen molar-refractivity contribution < 1.29 is 14.3 Å². The minimum Gasteiger partial charge on any atom is -0.497 e. The molecule has 8 nitrogen and oxygen atoms in total. The third-order valence-electron chi connectivity index (χ3n) is 6.00. The maximum absolute atomic E-state index is 14.2. The molecule has 4 rings (SSSR count). The molecule has 0 saturated carbocycles. The molecule has 0 radical (unpaired) electrons. The van der Waals surface area contributed by atoms with E-state index < -0.39 is 11.6 Å². The van der Waals surface area contributed by atoms with Crippen LogP contribution in [0.2, 0.25) is 0 Å². The zero-order valence-electron chi connectivity index (χ0n) is 22.1. The van der Waals surface area contributed by atoms with Crippen LogP contribution in [0, 0.1) is 13.8 Å². The van der Waals surface area contributed by atoms with Crippen LogP contribution in [0.3, 0.4) is 0 Å². The summed E-state index contributed by atoms with van der Waals surface area (Å²) >= 11 is 0. The average Bonchev–Trinajstić information content (AvgIpc) is 3.24. The molecule has 0 aliphatic carbocycles. The van der Waals surface area contributed by atoms with Gasteiger partial charge in [-0.3, -0.25) is 14.5 Å². The maximum atomic E-state index is 14.2. The largest absolute Gasteiger partial charge is 0.497 e. The van der Waals surface area contributed by atoms with Gasteiger partial charge in [0.15, 0.2) is 0 Å². The molecule has 2 amide bonds. The van der Waals surface area contributed by atoms with Gasteiger partial charge < -0.3 is 10.1 Å². The Labute approximate surface area is 217 Å². The number of hydrogen-bond acceptors (Lipinski definition) is 5. The van der Waals surface area contributed by atoms with Crippen LogP contribution in [0.5, 0.6) is 5.75 Å². The topological polar surface area (TPSA) is 89.4 Å². The maximum Gasteiger partial charge on any atom is 0.249 e. The second-order valence-corrected chi connectivity index (χ2v) is 10.2. The number of hydrogen-bond donors (Lipinski definition) is 1. The molecule has 0 aliphatic heterocycles. The summed E-state index contributed by atoms with van der Waals surface area (Å²) in [7, 11) is 1.58. The number of amides is 2. The molecule has 0 saturated heterocycles. The van der Waals surface area contributed by atoms with Crippen molar-refractivity contribution in [2.75, 3.05) is 12.0 Å². The Bertz CT molecular complexity index is 1440. The normalized spacial score (nSPS) is 12.3. The van der Waals surface area contributed by atoms with E-state index >= 15 is 0 Å². The number of rotatable bonds is 7. The highest BCUT2D eigenvalue weighted by Gasteiger charge is 2.35. The van der Waals surface area contributed by atoms with Crippen LogP contribution in [0.25, 0.3) is 11.0 Å². The number of aryl methyl sites for hydroxylation is 2. The molecule has 1 heterocycles. The van der Waals surface area contributed by atoms with Gasteiger partial charge in [0.2, 0.25) is 11.8 Å². The smallest absolute Gasteiger partial charge is 0.249 e. The highest BCUT2D eigenvalue weighted by atomic mass is 16.5. The van der Waals surface area contributed by atoms with Crippen molar-refractivity contribution in [1.29, 1.82) is 0 Å². The first kappa shape index (κ1) is 25.9. The Hall–Kier alpha value is -4.20. The molecule has 1 unspecified atom stereocenters. The standard InChI is InChI=1S/C29H33N5O3/c1-19-14-15-24(20(2)16-19)34(26(35)18-33-25-13-8-7-12-23(25)31-32-33)27(28(36)30-29(3,4)5)21-10-9-11-22(17-21)37-6/h7-17,27H,18H2,1-6H3,(H,30,36). The van der Waals surface area contributed by atoms with Crippen LogP contribution in [0.1, 0.15) is 43.5 Å². The van der Waals surface area contributed by atoms with Crippen molar-refractivity contribution in [2.45, 2.75) is 52.7 Å². The lowest BCUT2D eigenvalue weighted by Crippen LogP contribution is -2.50. The second kappa shape index (κ2) is 10.4. The molecule has 0 fully saturated rings. The first-order chi connectivity index (χ1) is 17.6. The van der Waals surface area contributed by atoms with E-state index in [1.54, 1.807) is 22.8 Å². The SMILES string of the molecule is COc1cccc(C(C(=O)NC(C)(C)C)N(C(=O)Cn2nnc3ccccc32)c2ccc(C)cc2C)c1. The van der Waals surface area contributed by atoms with Crippen LogP contribution in [-0.4, -0.2) is 39.5 Å². The molecule has 8 heteroatoms. The van der Waals surface area contributed by atoms with Crippen molar-refractivity contribution in [1.82, 2.24) is 20.3 Å². The van der Waals surface area contributed by atoms with Gasteiger partial charge in [-0.05, 0) is 76.1 Å². The number of nitrogens with one attached hydrogen (secondary N) is 1. The number of aromatic nitrogens is 3. The van der Waals surface area contributed by atoms with E-state index in [-0.39, 0.29) is 18.4 Å². The zero-order chi connectivity index (χ0) is 26.7. The minimum atomic E-state index is -0.946. The lowest BCUT2D eigenvalue weighted by atomic mass is 9.99. The first-order valence-corrected chi connectivity index (χ1v) is 12.2. The number of methoxy groups -OCH3 is 1. The predicted octanol–water partition coefficient (Wildman–Crippen LogP) is 4.75. The van der Waals surface area contributed by atoms with Crippen LogP contribution < -0.4 is 15.0 Å². The number of para-hydroxylation sites is 1. The molecular formula is C29H33N5O3. The summed E-state index contributed by atoms with van der Waals surface area (Å²) in [6, 6.07) is 19.6. The first-order valence-electron chi connectivity index (χ1n) is 12.2. The van der Waals surface area contributed by atoms with Gasteiger partial charge in [0.05, 0.1) is 12.6 Å². The molecule has 192 valence electrons. The van der Waals surface area contributed by atoms with Crippen LogP contribution in [-0.2, 0) is 16.1 Å². The summed E-state index contributed by atoms with van der Waals surface area (Å²) in [5.41, 5.74) is 4.17. The molecule has 1 N–H and O–H groups in total. The van der Waals surface area contributed by atoms with Crippen LogP contribution in [0.15, 0.2) is 66.7 Å². The third kappa shape index (κ3) is 5.80. The highest BCUT2D eigenvalue weighted by Crippen LogP contribution is 2.33. The Kier molecular flexibility index (Phi) is 7.29. The molecule has 1 aromatic heterocycles. The molecule has 1 atom stereocenters. The predicted molar refractivity (Wildman–Crippen MR) is 145 cm³/mol. The van der Waals surface area contributed by atoms with E-state index in [0.717, 1.165) is 16.6 Å². The molecule has 4 aromatic rings. The molecule has 0 bridgehead atoms. The number of anilines is 1. The fourth-order valence-electron chi connectivity index (χ4n) is 4.40. The fourth-order valence-corrected chi connectivity index (χ4v) is 4.40. The van der Waals surface area contributed by atoms with Gasteiger partial charge >= 0.3 is 0 Å². The monoisotopic (exact) mass is 499 g/mol. The Morgan fingerprint density at radius 2 is 1.78 bits per heavy atom. The minimum absolute atomic E-state index is 0.0862. The third-order valence-corrected chi connectivity index (χ3v) is 6.00. The average molecular weight is 500 g/mol. The van der Waals surface area contributed by atoms with E-state index in [9.17, 15) is 9.59 Å². The lowest BCUT2D eigenvalue weighted by molar-refractivity contribution is -0.128. The van der Waals surface area contributed by atoms with Gasteiger partial charge in [-0.15, -0.1) is 5.10 Å². The van der Waals surface area contributed by atoms with E-state index in [1.807, 2.05) is 95.3 Å².